The second-order valence-corrected chi connectivity index (χ2v) is 7.41. The molecule has 1 amide bonds. The number of nitrogens with one attached hydrogen (secondary N) is 1. The Morgan fingerprint density at radius 1 is 1.08 bits per heavy atom. The molecule has 2 rings (SSSR count). The molecule has 0 heterocycles. The minimum Gasteiger partial charge on any atom is -0.480 e. The number of aryl methyl sites for hydroxylation is 2. The highest BCUT2D eigenvalue weighted by Gasteiger charge is 2.26. The van der Waals surface area contributed by atoms with Crippen molar-refractivity contribution >= 4 is 28.4 Å². The van der Waals surface area contributed by atoms with Crippen LogP contribution in [0.1, 0.15) is 17.5 Å². The third-order valence-electron chi connectivity index (χ3n) is 3.74. The zero-order valence-corrected chi connectivity index (χ0v) is 14.8. The molecule has 25 heavy (non-hydrogen) atoms. The first-order valence-corrected chi connectivity index (χ1v) is 9.34. The van der Waals surface area contributed by atoms with Crippen LogP contribution in [0, 0.1) is 6.92 Å². The van der Waals surface area contributed by atoms with Crippen LogP contribution >= 0.6 is 0 Å². The molecule has 0 aliphatic carbocycles. The zero-order valence-electron chi connectivity index (χ0n) is 14.0. The summed E-state index contributed by atoms with van der Waals surface area (Å²) < 4.78 is 12.3. The number of anilines is 1. The monoisotopic (exact) mass is 359 g/mol. The molecule has 2 atom stereocenters. The maximum Gasteiger partial charge on any atom is 0.319 e. The van der Waals surface area contributed by atoms with Crippen molar-refractivity contribution in [3.8, 4) is 0 Å². The molecule has 2 aromatic rings. The van der Waals surface area contributed by atoms with E-state index < -0.39 is 27.9 Å². The van der Waals surface area contributed by atoms with Crippen LogP contribution in [0.5, 0.6) is 0 Å². The van der Waals surface area contributed by atoms with Crippen LogP contribution in [-0.2, 0) is 26.8 Å². The van der Waals surface area contributed by atoms with Crippen LogP contribution in [0.15, 0.2) is 54.6 Å². The van der Waals surface area contributed by atoms with E-state index in [-0.39, 0.29) is 12.2 Å². The lowest BCUT2D eigenvalue weighted by Crippen LogP contribution is -2.32. The molecule has 0 radical (unpaired) electrons. The van der Waals surface area contributed by atoms with Crippen molar-refractivity contribution in [1.29, 1.82) is 0 Å². The number of carboxylic acid groups (broad SMARTS) is 1. The van der Waals surface area contributed by atoms with Crippen molar-refractivity contribution in [3.63, 3.8) is 0 Å². The highest BCUT2D eigenvalue weighted by molar-refractivity contribution is 7.87. The second kappa shape index (κ2) is 9.13. The van der Waals surface area contributed by atoms with Gasteiger partial charge in [0.1, 0.15) is 11.0 Å². The quantitative estimate of drug-likeness (QED) is 0.759. The van der Waals surface area contributed by atoms with Crippen LogP contribution in [-0.4, -0.2) is 32.2 Å². The molecular formula is C19H21NO4S. The maximum absolute atomic E-state index is 12.3. The fourth-order valence-corrected chi connectivity index (χ4v) is 3.51. The van der Waals surface area contributed by atoms with Crippen LogP contribution in [0.3, 0.4) is 0 Å². The molecule has 0 aliphatic rings. The minimum atomic E-state index is -1.78. The van der Waals surface area contributed by atoms with Crippen molar-refractivity contribution in [2.24, 2.45) is 0 Å². The van der Waals surface area contributed by atoms with Gasteiger partial charge in [-0.3, -0.25) is 13.8 Å². The molecule has 0 bridgehead atoms. The van der Waals surface area contributed by atoms with Gasteiger partial charge in [-0.15, -0.1) is 0 Å². The van der Waals surface area contributed by atoms with Crippen LogP contribution in [0.25, 0.3) is 0 Å². The Hall–Kier alpha value is -2.47. The Balaban J connectivity index is 1.91. The van der Waals surface area contributed by atoms with Crippen LogP contribution in [0.4, 0.5) is 5.69 Å². The minimum absolute atomic E-state index is 0.226. The molecule has 6 heteroatoms. The fraction of sp³-hybridized carbons (Fsp3) is 0.263. The van der Waals surface area contributed by atoms with E-state index in [1.54, 1.807) is 12.1 Å². The molecule has 0 fully saturated rings. The largest absolute Gasteiger partial charge is 0.480 e. The molecule has 0 aromatic heterocycles. The number of benzene rings is 2. The van der Waals surface area contributed by atoms with Crippen LogP contribution < -0.4 is 5.32 Å². The molecule has 0 spiro atoms. The Kier molecular flexibility index (Phi) is 6.89. The predicted octanol–water partition coefficient (Wildman–Crippen LogP) is 2.77. The molecular weight excluding hydrogens is 338 g/mol. The third-order valence-corrected chi connectivity index (χ3v) is 5.36. The van der Waals surface area contributed by atoms with E-state index in [9.17, 15) is 18.9 Å². The molecule has 2 N–H and O–H groups in total. The highest BCUT2D eigenvalue weighted by atomic mass is 32.2. The lowest BCUT2D eigenvalue weighted by molar-refractivity contribution is -0.136. The predicted molar refractivity (Wildman–Crippen MR) is 99.0 cm³/mol. The van der Waals surface area contributed by atoms with Crippen LogP contribution in [0.2, 0.25) is 0 Å². The van der Waals surface area contributed by atoms with Crippen molar-refractivity contribution < 1.29 is 18.9 Å². The van der Waals surface area contributed by atoms with Gasteiger partial charge in [0.05, 0.1) is 0 Å². The number of carbonyl (C=O) groups is 2. The van der Waals surface area contributed by atoms with Gasteiger partial charge in [0, 0.05) is 16.5 Å². The highest BCUT2D eigenvalue weighted by Crippen LogP contribution is 2.12. The van der Waals surface area contributed by atoms with E-state index in [1.165, 1.54) is 0 Å². The van der Waals surface area contributed by atoms with Gasteiger partial charge in [-0.25, -0.2) is 0 Å². The average Bonchev–Trinajstić information content (AvgIpc) is 2.57. The summed E-state index contributed by atoms with van der Waals surface area (Å²) in [5.74, 6) is -1.93. The van der Waals surface area contributed by atoms with Gasteiger partial charge >= 0.3 is 5.97 Å². The summed E-state index contributed by atoms with van der Waals surface area (Å²) in [6.45, 7) is 1.94. The standard InChI is InChI=1S/C19H21NO4S/c1-14-7-10-16(11-8-14)20-18(21)13-25(24)17(19(22)23)12-9-15-5-3-2-4-6-15/h2-8,10-11,17H,9,12-13H2,1H3,(H,20,21)(H,22,23). The molecule has 0 aliphatic heterocycles. The third kappa shape index (κ3) is 6.15. The Morgan fingerprint density at radius 2 is 1.72 bits per heavy atom. The summed E-state index contributed by atoms with van der Waals surface area (Å²) in [6, 6.07) is 16.6. The number of rotatable bonds is 8. The second-order valence-electron chi connectivity index (χ2n) is 5.79. The number of hydrogen-bond donors (Lipinski definition) is 2. The fourth-order valence-electron chi connectivity index (χ4n) is 2.37. The van der Waals surface area contributed by atoms with Crippen molar-refractivity contribution in [2.75, 3.05) is 11.1 Å². The first-order valence-electron chi connectivity index (χ1n) is 7.96. The number of carbonyl (C=O) groups excluding carboxylic acids is 1. The van der Waals surface area contributed by atoms with Crippen molar-refractivity contribution in [3.05, 3.63) is 65.7 Å². The molecule has 2 unspecified atom stereocenters. The molecule has 5 nitrogen and oxygen atoms in total. The lowest BCUT2D eigenvalue weighted by Gasteiger charge is -2.12. The number of aliphatic carboxylic acids is 1. The van der Waals surface area contributed by atoms with Crippen molar-refractivity contribution in [2.45, 2.75) is 25.0 Å². The van der Waals surface area contributed by atoms with Gasteiger partial charge in [-0.1, -0.05) is 48.0 Å². The van der Waals surface area contributed by atoms with Gasteiger partial charge in [0.15, 0.2) is 0 Å². The average molecular weight is 359 g/mol. The first-order chi connectivity index (χ1) is 12.0. The summed E-state index contributed by atoms with van der Waals surface area (Å²) >= 11 is 0. The van der Waals surface area contributed by atoms with Gasteiger partial charge in [-0.05, 0) is 37.5 Å². The summed E-state index contributed by atoms with van der Waals surface area (Å²) in [6.07, 6.45) is 0.729. The van der Waals surface area contributed by atoms with E-state index in [2.05, 4.69) is 5.32 Å². The van der Waals surface area contributed by atoms with Gasteiger partial charge in [0.25, 0.3) is 0 Å². The van der Waals surface area contributed by atoms with E-state index in [4.69, 9.17) is 0 Å². The Morgan fingerprint density at radius 3 is 2.32 bits per heavy atom. The van der Waals surface area contributed by atoms with Gasteiger partial charge in [-0.2, -0.15) is 0 Å². The van der Waals surface area contributed by atoms with Crippen molar-refractivity contribution in [1.82, 2.24) is 0 Å². The number of carboxylic acids is 1. The van der Waals surface area contributed by atoms with E-state index in [0.717, 1.165) is 11.1 Å². The first kappa shape index (κ1) is 18.9. The van der Waals surface area contributed by atoms with Gasteiger partial charge < -0.3 is 10.4 Å². The van der Waals surface area contributed by atoms with E-state index >= 15 is 0 Å². The maximum atomic E-state index is 12.3. The SMILES string of the molecule is Cc1ccc(NC(=O)CS(=O)C(CCc2ccccc2)C(=O)O)cc1. The molecule has 0 saturated heterocycles. The topological polar surface area (TPSA) is 83.5 Å². The summed E-state index contributed by atoms with van der Waals surface area (Å²) in [4.78, 5) is 23.4. The summed E-state index contributed by atoms with van der Waals surface area (Å²) in [7, 11) is -1.78. The van der Waals surface area contributed by atoms with E-state index in [0.29, 0.717) is 12.1 Å². The summed E-state index contributed by atoms with van der Waals surface area (Å²) in [5, 5.41) is 10.9. The van der Waals surface area contributed by atoms with E-state index in [1.807, 2.05) is 49.4 Å². The Bertz CT molecular complexity index is 744. The molecule has 2 aromatic carbocycles. The Labute approximate surface area is 149 Å². The number of hydrogen-bond acceptors (Lipinski definition) is 3. The normalized spacial score (nSPS) is 13.0. The zero-order chi connectivity index (χ0) is 18.2. The summed E-state index contributed by atoms with van der Waals surface area (Å²) in [5.41, 5.74) is 2.65. The molecule has 0 saturated carbocycles. The number of amides is 1. The lowest BCUT2D eigenvalue weighted by atomic mass is 10.1. The molecule has 132 valence electrons. The van der Waals surface area contributed by atoms with Gasteiger partial charge in [0.2, 0.25) is 5.91 Å². The smallest absolute Gasteiger partial charge is 0.319 e.